The van der Waals surface area contributed by atoms with Gasteiger partial charge in [0.1, 0.15) is 11.9 Å². The molecular weight excluding hydrogens is 290 g/mol. The largest absolute Gasteiger partial charge is 0.488 e. The molecule has 1 aromatic carbocycles. The van der Waals surface area contributed by atoms with Crippen molar-refractivity contribution in [2.24, 2.45) is 0 Å². The monoisotopic (exact) mass is 309 g/mol. The highest BCUT2D eigenvalue weighted by Gasteiger charge is 2.30. The van der Waals surface area contributed by atoms with E-state index in [0.29, 0.717) is 12.1 Å². The molecule has 2 heterocycles. The normalized spacial score (nSPS) is 27.2. The molecule has 3 rings (SSSR count). The van der Waals surface area contributed by atoms with Gasteiger partial charge in [0, 0.05) is 24.3 Å². The molecule has 0 radical (unpaired) electrons. The van der Waals surface area contributed by atoms with Crippen molar-refractivity contribution in [3.05, 3.63) is 29.3 Å². The number of benzene rings is 1. The average Bonchev–Trinajstić information content (AvgIpc) is 2.94. The highest BCUT2D eigenvalue weighted by Crippen LogP contribution is 2.31. The number of hydrogen-bond donors (Lipinski definition) is 0. The first-order chi connectivity index (χ1) is 8.76. The molecule has 98 valence electrons. The fourth-order valence-electron chi connectivity index (χ4n) is 3.12. The van der Waals surface area contributed by atoms with E-state index in [2.05, 4.69) is 46.0 Å². The molecule has 0 aromatic heterocycles. The maximum Gasteiger partial charge on any atom is 0.123 e. The first kappa shape index (κ1) is 12.5. The summed E-state index contributed by atoms with van der Waals surface area (Å²) in [6.07, 6.45) is 4.07. The molecule has 18 heavy (non-hydrogen) atoms. The average molecular weight is 310 g/mol. The third kappa shape index (κ3) is 2.43. The Morgan fingerprint density at radius 2 is 2.33 bits per heavy atom. The number of rotatable bonds is 3. The highest BCUT2D eigenvalue weighted by molar-refractivity contribution is 9.09. The van der Waals surface area contributed by atoms with E-state index in [1.807, 2.05) is 0 Å². The van der Waals surface area contributed by atoms with Gasteiger partial charge in [-0.1, -0.05) is 33.6 Å². The molecule has 0 amide bonds. The molecule has 0 saturated carbocycles. The Balaban J connectivity index is 1.64. The van der Waals surface area contributed by atoms with Crippen molar-refractivity contribution >= 4 is 15.9 Å². The van der Waals surface area contributed by atoms with Crippen LogP contribution in [-0.2, 0) is 6.42 Å². The van der Waals surface area contributed by atoms with Gasteiger partial charge in [-0.2, -0.15) is 0 Å². The second kappa shape index (κ2) is 5.22. The molecule has 0 spiro atoms. The molecule has 2 aliphatic rings. The van der Waals surface area contributed by atoms with Crippen LogP contribution in [0.2, 0.25) is 0 Å². The predicted octanol–water partition coefficient (Wildman–Crippen LogP) is 3.16. The Bertz CT molecular complexity index is 435. The van der Waals surface area contributed by atoms with Gasteiger partial charge in [0.15, 0.2) is 0 Å². The number of hydrogen-bond acceptors (Lipinski definition) is 2. The van der Waals surface area contributed by atoms with Crippen molar-refractivity contribution in [2.45, 2.75) is 38.3 Å². The molecule has 2 unspecified atom stereocenters. The van der Waals surface area contributed by atoms with Crippen molar-refractivity contribution in [3.8, 4) is 5.75 Å². The van der Waals surface area contributed by atoms with E-state index in [4.69, 9.17) is 4.74 Å². The van der Waals surface area contributed by atoms with Crippen molar-refractivity contribution in [3.63, 3.8) is 0 Å². The SMILES string of the molecule is Cc1ccc2c(c1)CC(CN1CCCC1CBr)O2. The second-order valence-corrected chi connectivity index (χ2v) is 6.15. The van der Waals surface area contributed by atoms with E-state index in [-0.39, 0.29) is 0 Å². The topological polar surface area (TPSA) is 12.5 Å². The van der Waals surface area contributed by atoms with Gasteiger partial charge in [-0.3, -0.25) is 4.90 Å². The van der Waals surface area contributed by atoms with Gasteiger partial charge in [0.2, 0.25) is 0 Å². The van der Waals surface area contributed by atoms with Crippen LogP contribution in [0.4, 0.5) is 0 Å². The van der Waals surface area contributed by atoms with Crippen LogP contribution in [0.1, 0.15) is 24.0 Å². The molecule has 1 fully saturated rings. The summed E-state index contributed by atoms with van der Waals surface area (Å²) in [4.78, 5) is 2.58. The highest BCUT2D eigenvalue weighted by atomic mass is 79.9. The number of aryl methyl sites for hydroxylation is 1. The van der Waals surface area contributed by atoms with Crippen LogP contribution in [-0.4, -0.2) is 35.5 Å². The van der Waals surface area contributed by atoms with E-state index in [0.717, 1.165) is 24.0 Å². The Morgan fingerprint density at radius 1 is 1.44 bits per heavy atom. The van der Waals surface area contributed by atoms with Crippen LogP contribution in [0, 0.1) is 6.92 Å². The van der Waals surface area contributed by atoms with E-state index in [9.17, 15) is 0 Å². The summed E-state index contributed by atoms with van der Waals surface area (Å²) in [5.74, 6) is 1.10. The summed E-state index contributed by atoms with van der Waals surface area (Å²) in [7, 11) is 0. The lowest BCUT2D eigenvalue weighted by molar-refractivity contribution is 0.148. The summed E-state index contributed by atoms with van der Waals surface area (Å²) < 4.78 is 6.06. The van der Waals surface area contributed by atoms with Gasteiger partial charge in [-0.15, -0.1) is 0 Å². The lowest BCUT2D eigenvalue weighted by Gasteiger charge is -2.25. The molecule has 2 atom stereocenters. The third-order valence-electron chi connectivity index (χ3n) is 4.07. The number of ether oxygens (including phenoxy) is 1. The number of halogens is 1. The van der Waals surface area contributed by atoms with Gasteiger partial charge in [-0.05, 0) is 37.9 Å². The fraction of sp³-hybridized carbons (Fsp3) is 0.600. The summed E-state index contributed by atoms with van der Waals surface area (Å²) >= 11 is 3.62. The van der Waals surface area contributed by atoms with Gasteiger partial charge < -0.3 is 4.74 Å². The minimum atomic E-state index is 0.349. The minimum Gasteiger partial charge on any atom is -0.488 e. The standard InChI is InChI=1S/C15H20BrNO/c1-11-4-5-15-12(7-11)8-14(18-15)10-17-6-2-3-13(17)9-16/h4-5,7,13-14H,2-3,6,8-10H2,1H3. The second-order valence-electron chi connectivity index (χ2n) is 5.50. The Kier molecular flexibility index (Phi) is 3.62. The zero-order valence-corrected chi connectivity index (χ0v) is 12.4. The smallest absolute Gasteiger partial charge is 0.123 e. The van der Waals surface area contributed by atoms with Crippen molar-refractivity contribution in [2.75, 3.05) is 18.4 Å². The molecular formula is C15H20BrNO. The molecule has 3 heteroatoms. The lowest BCUT2D eigenvalue weighted by Crippen LogP contribution is -2.38. The van der Waals surface area contributed by atoms with Crippen LogP contribution < -0.4 is 4.74 Å². The Morgan fingerprint density at radius 3 is 3.17 bits per heavy atom. The summed E-state index contributed by atoms with van der Waals surface area (Å²) in [5.41, 5.74) is 2.71. The lowest BCUT2D eigenvalue weighted by atomic mass is 10.1. The van der Waals surface area contributed by atoms with Crippen LogP contribution in [0.25, 0.3) is 0 Å². The maximum atomic E-state index is 6.06. The molecule has 2 aliphatic heterocycles. The van der Waals surface area contributed by atoms with E-state index in [1.165, 1.54) is 30.5 Å². The molecule has 0 bridgehead atoms. The van der Waals surface area contributed by atoms with Gasteiger partial charge >= 0.3 is 0 Å². The quantitative estimate of drug-likeness (QED) is 0.795. The van der Waals surface area contributed by atoms with Crippen molar-refractivity contribution in [1.29, 1.82) is 0 Å². The van der Waals surface area contributed by atoms with Crippen molar-refractivity contribution < 1.29 is 4.74 Å². The zero-order valence-electron chi connectivity index (χ0n) is 10.9. The maximum absolute atomic E-state index is 6.06. The van der Waals surface area contributed by atoms with Crippen LogP contribution in [0.15, 0.2) is 18.2 Å². The van der Waals surface area contributed by atoms with Gasteiger partial charge in [-0.25, -0.2) is 0 Å². The molecule has 1 aromatic rings. The van der Waals surface area contributed by atoms with Crippen LogP contribution in [0.3, 0.4) is 0 Å². The first-order valence-corrected chi connectivity index (χ1v) is 7.94. The predicted molar refractivity (Wildman–Crippen MR) is 77.7 cm³/mol. The number of likely N-dealkylation sites (tertiary alicyclic amines) is 1. The van der Waals surface area contributed by atoms with E-state index < -0.39 is 0 Å². The van der Waals surface area contributed by atoms with E-state index >= 15 is 0 Å². The number of nitrogens with zero attached hydrogens (tertiary/aromatic N) is 1. The van der Waals surface area contributed by atoms with Crippen LogP contribution >= 0.6 is 15.9 Å². The summed E-state index contributed by atoms with van der Waals surface area (Å²) in [5, 5.41) is 1.09. The number of fused-ring (bicyclic) bond motifs is 1. The molecule has 0 aliphatic carbocycles. The molecule has 2 nitrogen and oxygen atoms in total. The molecule has 0 N–H and O–H groups in total. The third-order valence-corrected chi connectivity index (χ3v) is 4.82. The Hall–Kier alpha value is -0.540. The van der Waals surface area contributed by atoms with Gasteiger partial charge in [0.25, 0.3) is 0 Å². The Labute approximate surface area is 117 Å². The summed E-state index contributed by atoms with van der Waals surface area (Å²) in [6.45, 7) is 4.45. The van der Waals surface area contributed by atoms with E-state index in [1.54, 1.807) is 0 Å². The zero-order chi connectivity index (χ0) is 12.5. The molecule has 1 saturated heterocycles. The minimum absolute atomic E-state index is 0.349. The van der Waals surface area contributed by atoms with Crippen LogP contribution in [0.5, 0.6) is 5.75 Å². The van der Waals surface area contributed by atoms with Crippen molar-refractivity contribution in [1.82, 2.24) is 4.90 Å². The number of alkyl halides is 1. The van der Waals surface area contributed by atoms with Gasteiger partial charge in [0.05, 0.1) is 0 Å². The summed E-state index contributed by atoms with van der Waals surface area (Å²) in [6, 6.07) is 7.23. The first-order valence-electron chi connectivity index (χ1n) is 6.82. The fourth-order valence-corrected chi connectivity index (χ4v) is 3.86.